The number of anilines is 3. The van der Waals surface area contributed by atoms with Crippen molar-refractivity contribution in [3.8, 4) is 0 Å². The second kappa shape index (κ2) is 10.3. The van der Waals surface area contributed by atoms with Gasteiger partial charge in [0.25, 0.3) is 0 Å². The molecule has 0 bridgehead atoms. The lowest BCUT2D eigenvalue weighted by Gasteiger charge is -2.43. The van der Waals surface area contributed by atoms with Gasteiger partial charge in [0.05, 0.1) is 0 Å². The minimum Gasteiger partial charge on any atom is -0.378 e. The molecule has 194 valence electrons. The molecule has 0 aliphatic heterocycles. The van der Waals surface area contributed by atoms with E-state index in [2.05, 4.69) is 157 Å². The molecule has 1 aliphatic rings. The highest BCUT2D eigenvalue weighted by Crippen LogP contribution is 2.43. The highest BCUT2D eigenvalue weighted by molar-refractivity contribution is 7.18. The molecule has 1 atom stereocenters. The molecule has 1 unspecified atom stereocenters. The van der Waals surface area contributed by atoms with Crippen LogP contribution in [0.3, 0.4) is 0 Å². The fraction of sp³-hybridized carbons (Fsp3) is 0.333. The molecule has 0 fully saturated rings. The van der Waals surface area contributed by atoms with E-state index >= 15 is 0 Å². The quantitative estimate of drug-likeness (QED) is 0.320. The average Bonchev–Trinajstić information content (AvgIpc) is 3.08. The Kier molecular flexibility index (Phi) is 7.43. The molecule has 0 radical (unpaired) electrons. The van der Waals surface area contributed by atoms with Gasteiger partial charge in [0, 0.05) is 59.3 Å². The first-order chi connectivity index (χ1) is 17.5. The van der Waals surface area contributed by atoms with Crippen molar-refractivity contribution in [3.63, 3.8) is 0 Å². The number of allylic oxidation sites excluding steroid dienone is 4. The molecule has 3 aromatic carbocycles. The predicted octanol–water partition coefficient (Wildman–Crippen LogP) is 5.20. The Labute approximate surface area is 225 Å². The van der Waals surface area contributed by atoms with Crippen LogP contribution in [0.1, 0.15) is 27.7 Å². The van der Waals surface area contributed by atoms with Gasteiger partial charge in [-0.15, -0.1) is 0 Å². The minimum atomic E-state index is -2.81. The van der Waals surface area contributed by atoms with Crippen molar-refractivity contribution in [3.05, 3.63) is 94.7 Å². The van der Waals surface area contributed by atoms with Crippen molar-refractivity contribution < 1.29 is 0 Å². The van der Waals surface area contributed by atoms with Crippen LogP contribution in [0.2, 0.25) is 0 Å². The van der Waals surface area contributed by atoms with Crippen LogP contribution >= 0.6 is 0 Å². The molecule has 0 amide bonds. The first-order valence-electron chi connectivity index (χ1n) is 13.2. The number of benzene rings is 3. The van der Waals surface area contributed by atoms with E-state index in [1.165, 1.54) is 49.3 Å². The summed E-state index contributed by atoms with van der Waals surface area (Å²) in [4.78, 5) is 6.91. The van der Waals surface area contributed by atoms with E-state index in [9.17, 15) is 0 Å². The third-order valence-electron chi connectivity index (χ3n) is 8.41. The Morgan fingerprint density at radius 3 is 1.11 bits per heavy atom. The van der Waals surface area contributed by atoms with Gasteiger partial charge in [0.2, 0.25) is 0 Å². The summed E-state index contributed by atoms with van der Waals surface area (Å²) in [5.74, 6) is 0.368. The molecular weight excluding hydrogens is 466 g/mol. The normalized spacial score (nSPS) is 15.9. The number of nitrogens with zero attached hydrogens (tertiary/aromatic N) is 3. The van der Waals surface area contributed by atoms with Crippen LogP contribution in [0.15, 0.2) is 94.7 Å². The van der Waals surface area contributed by atoms with Crippen LogP contribution in [0.5, 0.6) is 0 Å². The van der Waals surface area contributed by atoms with Crippen molar-refractivity contribution in [1.82, 2.24) is 0 Å². The average molecular weight is 510 g/mol. The molecular formula is C33H43N3Si. The summed E-state index contributed by atoms with van der Waals surface area (Å²) < 4.78 is 0. The summed E-state index contributed by atoms with van der Waals surface area (Å²) >= 11 is 0. The maximum atomic E-state index is 2.43. The molecule has 0 saturated heterocycles. The lowest BCUT2D eigenvalue weighted by atomic mass is 10.1. The van der Waals surface area contributed by atoms with Crippen molar-refractivity contribution in [2.45, 2.75) is 27.7 Å². The minimum absolute atomic E-state index is 0.368. The fourth-order valence-electron chi connectivity index (χ4n) is 6.38. The Bertz CT molecular complexity index is 1240. The zero-order chi connectivity index (χ0) is 27.1. The van der Waals surface area contributed by atoms with Gasteiger partial charge in [0.1, 0.15) is 0 Å². The summed E-state index contributed by atoms with van der Waals surface area (Å²) in [6.07, 6.45) is 0. The summed E-state index contributed by atoms with van der Waals surface area (Å²) in [6, 6.07) is 27.4. The van der Waals surface area contributed by atoms with E-state index in [1.807, 2.05) is 0 Å². The molecule has 1 aliphatic carbocycles. The Hall–Kier alpha value is -3.24. The van der Waals surface area contributed by atoms with Gasteiger partial charge >= 0.3 is 0 Å². The van der Waals surface area contributed by atoms with E-state index < -0.39 is 8.07 Å². The molecule has 0 spiro atoms. The van der Waals surface area contributed by atoms with Gasteiger partial charge in [0.15, 0.2) is 8.07 Å². The van der Waals surface area contributed by atoms with Gasteiger partial charge < -0.3 is 14.7 Å². The maximum Gasteiger partial charge on any atom is 0.183 e. The summed E-state index contributed by atoms with van der Waals surface area (Å²) in [5, 5.41) is 5.97. The van der Waals surface area contributed by atoms with Gasteiger partial charge in [-0.2, -0.15) is 0 Å². The molecule has 0 saturated carbocycles. The van der Waals surface area contributed by atoms with Crippen molar-refractivity contribution in [1.29, 1.82) is 0 Å². The fourth-order valence-corrected chi connectivity index (χ4v) is 12.9. The van der Waals surface area contributed by atoms with E-state index in [4.69, 9.17) is 0 Å². The van der Waals surface area contributed by atoms with Crippen molar-refractivity contribution >= 4 is 40.7 Å². The zero-order valence-corrected chi connectivity index (χ0v) is 25.3. The molecule has 0 aromatic heterocycles. The summed E-state index contributed by atoms with van der Waals surface area (Å²) in [5.41, 5.74) is 8.30. The Morgan fingerprint density at radius 2 is 0.838 bits per heavy atom. The predicted molar refractivity (Wildman–Crippen MR) is 167 cm³/mol. The van der Waals surface area contributed by atoms with Gasteiger partial charge in [-0.1, -0.05) is 77.9 Å². The summed E-state index contributed by atoms with van der Waals surface area (Å²) in [7, 11) is 10.3. The van der Waals surface area contributed by atoms with Crippen LogP contribution in [0, 0.1) is 5.92 Å². The third kappa shape index (κ3) is 4.21. The van der Waals surface area contributed by atoms with E-state index in [1.54, 1.807) is 5.20 Å². The largest absolute Gasteiger partial charge is 0.378 e. The highest BCUT2D eigenvalue weighted by atomic mass is 28.3. The number of hydrogen-bond donors (Lipinski definition) is 0. The van der Waals surface area contributed by atoms with Crippen molar-refractivity contribution in [2.24, 2.45) is 5.92 Å². The second-order valence-corrected chi connectivity index (χ2v) is 14.7. The first-order valence-corrected chi connectivity index (χ1v) is 15.2. The number of hydrogen-bond acceptors (Lipinski definition) is 3. The van der Waals surface area contributed by atoms with Gasteiger partial charge in [-0.3, -0.25) is 0 Å². The highest BCUT2D eigenvalue weighted by Gasteiger charge is 2.51. The smallest absolute Gasteiger partial charge is 0.183 e. The first kappa shape index (κ1) is 26.8. The third-order valence-corrected chi connectivity index (χ3v) is 13.7. The molecule has 3 aromatic rings. The van der Waals surface area contributed by atoms with Crippen LogP contribution in [-0.2, 0) is 0 Å². The Morgan fingerprint density at radius 1 is 0.514 bits per heavy atom. The van der Waals surface area contributed by atoms with Crippen molar-refractivity contribution in [2.75, 3.05) is 57.0 Å². The van der Waals surface area contributed by atoms with Crippen LogP contribution in [0.4, 0.5) is 17.1 Å². The summed E-state index contributed by atoms with van der Waals surface area (Å²) in [6.45, 7) is 9.46. The monoisotopic (exact) mass is 509 g/mol. The van der Waals surface area contributed by atoms with Gasteiger partial charge in [-0.25, -0.2) is 0 Å². The van der Waals surface area contributed by atoms with Crippen LogP contribution < -0.4 is 30.3 Å². The number of para-hydroxylation sites is 3. The van der Waals surface area contributed by atoms with Gasteiger partial charge in [-0.05, 0) is 66.0 Å². The van der Waals surface area contributed by atoms with E-state index in [0.717, 1.165) is 0 Å². The van der Waals surface area contributed by atoms with Crippen LogP contribution in [0.25, 0.3) is 0 Å². The molecule has 0 N–H and O–H groups in total. The standard InChI is InChI=1S/C33H43N3Si/c1-23-24(2)26(4)33(25(23)3)37(30-20-14-11-17-27(30)34(5)6,31-21-15-12-18-28(31)35(7)8)32-22-16-13-19-29(32)36(9)10/h11-22,25H,1-10H3. The SMILES string of the molecule is CC1=C(C)C(C)C([Si](c2ccccc2N(C)C)(c2ccccc2N(C)C)c2ccccc2N(C)C)=C1C. The molecule has 4 rings (SSSR count). The number of rotatable bonds is 7. The topological polar surface area (TPSA) is 9.72 Å². The van der Waals surface area contributed by atoms with E-state index in [0.29, 0.717) is 5.92 Å². The molecule has 0 heterocycles. The molecule has 3 nitrogen and oxygen atoms in total. The lowest BCUT2D eigenvalue weighted by Crippen LogP contribution is -2.71. The zero-order valence-electron chi connectivity index (χ0n) is 24.3. The molecule has 37 heavy (non-hydrogen) atoms. The second-order valence-electron chi connectivity index (χ2n) is 11.1. The van der Waals surface area contributed by atoms with E-state index in [-0.39, 0.29) is 0 Å². The van der Waals surface area contributed by atoms with Crippen LogP contribution in [-0.4, -0.2) is 50.4 Å². The maximum absolute atomic E-state index is 2.81. The lowest BCUT2D eigenvalue weighted by molar-refractivity contribution is 0.851. The Balaban J connectivity index is 2.35. The molecule has 4 heteroatoms.